The number of carbonyl (C=O) groups is 1. The predicted molar refractivity (Wildman–Crippen MR) is 107 cm³/mol. The van der Waals surface area contributed by atoms with Crippen molar-refractivity contribution in [2.24, 2.45) is 5.73 Å². The molecule has 1 aromatic carbocycles. The van der Waals surface area contributed by atoms with Gasteiger partial charge in [-0.25, -0.2) is 0 Å². The fourth-order valence-corrected chi connectivity index (χ4v) is 3.28. The molecule has 0 radical (unpaired) electrons. The fraction of sp³-hybridized carbons (Fsp3) is 0.632. The lowest BCUT2D eigenvalue weighted by molar-refractivity contribution is -0.137. The Morgan fingerprint density at radius 2 is 1.79 bits per heavy atom. The summed E-state index contributed by atoms with van der Waals surface area (Å²) in [6.45, 7) is 4.50. The molecule has 9 heteroatoms. The molecule has 3 rings (SSSR count). The largest absolute Gasteiger partial charge is 0.496 e. The average Bonchev–Trinajstić information content (AvgIpc) is 3.28. The molecule has 0 bridgehead atoms. The van der Waals surface area contributed by atoms with E-state index in [0.717, 1.165) is 37.1 Å². The highest BCUT2D eigenvalue weighted by molar-refractivity contribution is 7.98. The molecule has 0 atom stereocenters. The molecule has 5 nitrogen and oxygen atoms in total. The van der Waals surface area contributed by atoms with Gasteiger partial charge in [-0.15, -0.1) is 11.8 Å². The Morgan fingerprint density at radius 3 is 2.07 bits per heavy atom. The van der Waals surface area contributed by atoms with E-state index in [2.05, 4.69) is 5.32 Å². The first-order valence-corrected chi connectivity index (χ1v) is 10.4. The Bertz CT molecular complexity index is 567. The Hall–Kier alpha value is -1.45. The monoisotopic (exact) mass is 424 g/mol. The lowest BCUT2D eigenvalue weighted by atomic mass is 10.1. The quantitative estimate of drug-likeness (QED) is 0.707. The van der Waals surface area contributed by atoms with Gasteiger partial charge in [0, 0.05) is 19.5 Å². The van der Waals surface area contributed by atoms with Crippen molar-refractivity contribution in [1.29, 1.82) is 0 Å². The minimum Gasteiger partial charge on any atom is -0.496 e. The third-order valence-corrected chi connectivity index (χ3v) is 4.88. The lowest BCUT2D eigenvalue weighted by Crippen LogP contribution is -2.15. The molecule has 2 aliphatic rings. The number of methoxy groups -OCH3 is 1. The van der Waals surface area contributed by atoms with Gasteiger partial charge in [0.15, 0.2) is 0 Å². The van der Waals surface area contributed by atoms with Crippen molar-refractivity contribution < 1.29 is 28.9 Å². The SMILES string of the molecule is C1CCNC1.C1CCOCC1.COc1cc(C(F)(F)F)cc(SC)c1C(N)=O.[HH]. The molecule has 2 fully saturated rings. The summed E-state index contributed by atoms with van der Waals surface area (Å²) in [6, 6.07) is 1.65. The lowest BCUT2D eigenvalue weighted by Gasteiger charge is -2.14. The first-order valence-electron chi connectivity index (χ1n) is 9.22. The molecule has 0 aromatic heterocycles. The van der Waals surface area contributed by atoms with Crippen LogP contribution in [0.5, 0.6) is 5.75 Å². The summed E-state index contributed by atoms with van der Waals surface area (Å²) in [5.74, 6) is -0.989. The molecule has 3 N–H and O–H groups in total. The zero-order valence-corrected chi connectivity index (χ0v) is 17.2. The van der Waals surface area contributed by atoms with E-state index in [1.807, 2.05) is 0 Å². The fourth-order valence-electron chi connectivity index (χ4n) is 2.63. The molecule has 162 valence electrons. The second-order valence-electron chi connectivity index (χ2n) is 6.25. The number of alkyl halides is 3. The first kappa shape index (κ1) is 24.6. The van der Waals surface area contributed by atoms with Gasteiger partial charge in [-0.3, -0.25) is 4.79 Å². The van der Waals surface area contributed by atoms with Crippen LogP contribution in [0.15, 0.2) is 17.0 Å². The molecule has 0 unspecified atom stereocenters. The molecule has 2 saturated heterocycles. The molecular weight excluding hydrogens is 393 g/mol. The van der Waals surface area contributed by atoms with E-state index >= 15 is 0 Å². The number of hydrogen-bond donors (Lipinski definition) is 2. The normalized spacial score (nSPS) is 16.3. The number of thioether (sulfide) groups is 1. The number of rotatable bonds is 3. The number of benzene rings is 1. The zero-order chi connectivity index (χ0) is 21.0. The van der Waals surface area contributed by atoms with Gasteiger partial charge in [0.25, 0.3) is 5.91 Å². The summed E-state index contributed by atoms with van der Waals surface area (Å²) < 4.78 is 47.6. The van der Waals surface area contributed by atoms with Crippen LogP contribution in [0.2, 0.25) is 0 Å². The molecule has 0 aliphatic carbocycles. The van der Waals surface area contributed by atoms with Crippen molar-refractivity contribution in [3.8, 4) is 5.75 Å². The highest BCUT2D eigenvalue weighted by Crippen LogP contribution is 2.37. The van der Waals surface area contributed by atoms with Crippen LogP contribution in [0.4, 0.5) is 13.2 Å². The van der Waals surface area contributed by atoms with E-state index in [4.69, 9.17) is 15.2 Å². The second kappa shape index (κ2) is 12.9. The Morgan fingerprint density at radius 1 is 1.18 bits per heavy atom. The van der Waals surface area contributed by atoms with E-state index in [9.17, 15) is 18.0 Å². The van der Waals surface area contributed by atoms with Gasteiger partial charge in [0.2, 0.25) is 0 Å². The Labute approximate surface area is 170 Å². The number of amides is 1. The summed E-state index contributed by atoms with van der Waals surface area (Å²) in [7, 11) is 1.19. The summed E-state index contributed by atoms with van der Waals surface area (Å²) in [5.41, 5.74) is 4.21. The maximum atomic E-state index is 12.6. The average molecular weight is 425 g/mol. The number of carbonyl (C=O) groups excluding carboxylic acids is 1. The van der Waals surface area contributed by atoms with Crippen LogP contribution in [-0.2, 0) is 10.9 Å². The third kappa shape index (κ3) is 8.70. The van der Waals surface area contributed by atoms with Crippen molar-refractivity contribution in [3.63, 3.8) is 0 Å². The van der Waals surface area contributed by atoms with Gasteiger partial charge in [0.05, 0.1) is 18.2 Å². The van der Waals surface area contributed by atoms with Crippen LogP contribution < -0.4 is 15.8 Å². The molecule has 1 amide bonds. The van der Waals surface area contributed by atoms with Crippen molar-refractivity contribution >= 4 is 17.7 Å². The maximum absolute atomic E-state index is 12.6. The number of primary amides is 1. The topological polar surface area (TPSA) is 73.6 Å². The van der Waals surface area contributed by atoms with Crippen LogP contribution in [0.25, 0.3) is 0 Å². The van der Waals surface area contributed by atoms with Gasteiger partial charge in [-0.05, 0) is 63.6 Å². The van der Waals surface area contributed by atoms with Crippen LogP contribution in [0.3, 0.4) is 0 Å². The van der Waals surface area contributed by atoms with Crippen molar-refractivity contribution in [2.75, 3.05) is 39.7 Å². The number of halogens is 3. The van der Waals surface area contributed by atoms with E-state index in [0.29, 0.717) is 0 Å². The Kier molecular flexibility index (Phi) is 11.3. The molecule has 0 saturated carbocycles. The highest BCUT2D eigenvalue weighted by atomic mass is 32.2. The van der Waals surface area contributed by atoms with Gasteiger partial charge in [-0.2, -0.15) is 13.2 Å². The first-order chi connectivity index (χ1) is 13.3. The van der Waals surface area contributed by atoms with E-state index in [1.165, 1.54) is 52.3 Å². The number of ether oxygens (including phenoxy) is 2. The molecule has 28 heavy (non-hydrogen) atoms. The maximum Gasteiger partial charge on any atom is 0.416 e. The van der Waals surface area contributed by atoms with Crippen LogP contribution in [0.1, 0.15) is 49.5 Å². The molecule has 2 heterocycles. The highest BCUT2D eigenvalue weighted by Gasteiger charge is 2.33. The smallest absolute Gasteiger partial charge is 0.416 e. The summed E-state index contributed by atoms with van der Waals surface area (Å²) >= 11 is 1.00. The molecule has 1 aromatic rings. The zero-order valence-electron chi connectivity index (χ0n) is 16.4. The summed E-state index contributed by atoms with van der Waals surface area (Å²) in [6.07, 6.45) is 3.77. The van der Waals surface area contributed by atoms with Crippen molar-refractivity contribution in [2.45, 2.75) is 43.2 Å². The molecular formula is C19H31F3N2O3S. The predicted octanol–water partition coefficient (Wildman–Crippen LogP) is 4.34. The van der Waals surface area contributed by atoms with Gasteiger partial charge >= 0.3 is 6.18 Å². The van der Waals surface area contributed by atoms with Gasteiger partial charge in [0.1, 0.15) is 5.75 Å². The number of hydrogen-bond acceptors (Lipinski definition) is 5. The minimum atomic E-state index is -4.49. The minimum absolute atomic E-state index is 0. The Balaban J connectivity index is 0.000000528. The van der Waals surface area contributed by atoms with E-state index < -0.39 is 17.6 Å². The van der Waals surface area contributed by atoms with Crippen molar-refractivity contribution in [3.05, 3.63) is 23.3 Å². The van der Waals surface area contributed by atoms with E-state index in [-0.39, 0.29) is 17.6 Å². The second-order valence-corrected chi connectivity index (χ2v) is 7.10. The molecule has 2 aliphatic heterocycles. The number of nitrogens with one attached hydrogen (secondary N) is 1. The van der Waals surface area contributed by atoms with Crippen LogP contribution >= 0.6 is 11.8 Å². The third-order valence-electron chi connectivity index (χ3n) is 4.11. The van der Waals surface area contributed by atoms with Crippen LogP contribution in [-0.4, -0.2) is 45.6 Å². The summed E-state index contributed by atoms with van der Waals surface area (Å²) in [4.78, 5) is 11.3. The summed E-state index contributed by atoms with van der Waals surface area (Å²) in [5, 5.41) is 3.22. The van der Waals surface area contributed by atoms with Crippen molar-refractivity contribution in [1.82, 2.24) is 5.32 Å². The molecule has 0 spiro atoms. The standard InChI is InChI=1S/C10H10F3NO2S.C5H10O.C4H9N.H2/c1-16-6-3-5(10(11,12)13)4-7(17-2)8(6)9(14)15;1-2-4-6-5-3-1;1-2-4-5-3-1;/h3-4H,1-2H3,(H2,14,15);1-5H2;5H,1-4H2;1H. The van der Waals surface area contributed by atoms with Gasteiger partial charge < -0.3 is 20.5 Å². The number of nitrogens with two attached hydrogens (primary N) is 1. The van der Waals surface area contributed by atoms with E-state index in [1.54, 1.807) is 6.26 Å². The van der Waals surface area contributed by atoms with Crippen LogP contribution in [0, 0.1) is 0 Å². The van der Waals surface area contributed by atoms with Gasteiger partial charge in [-0.1, -0.05) is 0 Å².